The number of aromatic nitrogens is 3. The quantitative estimate of drug-likeness (QED) is 0.674. The van der Waals surface area contributed by atoms with Crippen molar-refractivity contribution in [1.29, 1.82) is 0 Å². The fraction of sp³-hybridized carbons (Fsp3) is 0.227. The average Bonchev–Trinajstić information content (AvgIpc) is 3.11. The molecule has 5 rings (SSSR count). The fourth-order valence-corrected chi connectivity index (χ4v) is 4.06. The van der Waals surface area contributed by atoms with Crippen LogP contribution in [-0.2, 0) is 4.79 Å². The van der Waals surface area contributed by atoms with Gasteiger partial charge in [0.25, 0.3) is 0 Å². The Kier molecular flexibility index (Phi) is 4.05. The van der Waals surface area contributed by atoms with Crippen LogP contribution in [0, 0.1) is 6.92 Å². The van der Waals surface area contributed by atoms with Crippen LogP contribution in [0.25, 0.3) is 11.4 Å². The van der Waals surface area contributed by atoms with Gasteiger partial charge in [0.1, 0.15) is 6.04 Å². The van der Waals surface area contributed by atoms with Crippen molar-refractivity contribution >= 4 is 23.3 Å². The van der Waals surface area contributed by atoms with Crippen LogP contribution in [0.4, 0.5) is 5.95 Å². The van der Waals surface area contributed by atoms with Crippen LogP contribution in [0.1, 0.15) is 36.4 Å². The second-order valence-electron chi connectivity index (χ2n) is 7.32. The van der Waals surface area contributed by atoms with Crippen LogP contribution in [0.2, 0.25) is 5.02 Å². The molecule has 2 heterocycles. The number of rotatable bonds is 2. The molecule has 6 heteroatoms. The van der Waals surface area contributed by atoms with Crippen molar-refractivity contribution in [2.75, 3.05) is 5.32 Å². The Hall–Kier alpha value is -2.92. The Balaban J connectivity index is 1.66. The largest absolute Gasteiger partial charge is 0.328 e. The van der Waals surface area contributed by atoms with Gasteiger partial charge in [-0.3, -0.25) is 4.79 Å². The van der Waals surface area contributed by atoms with Gasteiger partial charge < -0.3 is 5.32 Å². The first-order chi connectivity index (χ1) is 13.6. The smallest absolute Gasteiger partial charge is 0.226 e. The molecule has 5 nitrogen and oxygen atoms in total. The number of fused-ring (bicyclic) bond motifs is 1. The second kappa shape index (κ2) is 6.60. The molecular weight excluding hydrogens is 372 g/mol. The number of benzene rings is 2. The third kappa shape index (κ3) is 2.83. The lowest BCUT2D eigenvalue weighted by Crippen LogP contribution is -2.31. The van der Waals surface area contributed by atoms with Crippen molar-refractivity contribution in [3.8, 4) is 11.4 Å². The van der Waals surface area contributed by atoms with Gasteiger partial charge in [-0.15, -0.1) is 5.10 Å². The zero-order valence-corrected chi connectivity index (χ0v) is 16.2. The highest BCUT2D eigenvalue weighted by molar-refractivity contribution is 6.30. The minimum Gasteiger partial charge on any atom is -0.328 e. The molecule has 0 radical (unpaired) electrons. The van der Waals surface area contributed by atoms with E-state index in [9.17, 15) is 4.79 Å². The first-order valence-electron chi connectivity index (χ1n) is 9.42. The first-order valence-corrected chi connectivity index (χ1v) is 9.80. The lowest BCUT2D eigenvalue weighted by Gasteiger charge is -2.32. The molecule has 1 aliphatic carbocycles. The molecule has 1 unspecified atom stereocenters. The number of carbonyl (C=O) groups excluding carboxylic acids is 1. The maximum Gasteiger partial charge on any atom is 0.226 e. The molecule has 0 amide bonds. The predicted octanol–water partition coefficient (Wildman–Crippen LogP) is 4.93. The highest BCUT2D eigenvalue weighted by Gasteiger charge is 2.36. The number of allylic oxidation sites excluding steroid dienone is 2. The minimum absolute atomic E-state index is 0.173. The van der Waals surface area contributed by atoms with E-state index in [1.54, 1.807) is 0 Å². The van der Waals surface area contributed by atoms with Crippen LogP contribution in [0.15, 0.2) is 59.8 Å². The van der Waals surface area contributed by atoms with Gasteiger partial charge >= 0.3 is 0 Å². The summed E-state index contributed by atoms with van der Waals surface area (Å²) in [6.07, 6.45) is 2.27. The normalized spacial score (nSPS) is 18.5. The summed E-state index contributed by atoms with van der Waals surface area (Å²) < 4.78 is 1.83. The molecule has 140 valence electrons. The molecule has 1 atom stereocenters. The van der Waals surface area contributed by atoms with Gasteiger partial charge in [0, 0.05) is 28.3 Å². The predicted molar refractivity (Wildman–Crippen MR) is 109 cm³/mol. The molecule has 0 fully saturated rings. The van der Waals surface area contributed by atoms with Crippen LogP contribution < -0.4 is 5.32 Å². The third-order valence-corrected chi connectivity index (χ3v) is 5.62. The SMILES string of the molecule is Cc1ccc(-c2nc3n(n2)C(c2ccc(Cl)cc2)C2=C(CCCC2=O)N3)cc1. The van der Waals surface area contributed by atoms with Gasteiger partial charge in [-0.2, -0.15) is 4.98 Å². The van der Waals surface area contributed by atoms with Gasteiger partial charge in [0.05, 0.1) is 0 Å². The van der Waals surface area contributed by atoms with Crippen molar-refractivity contribution in [2.45, 2.75) is 32.2 Å². The Labute approximate surface area is 168 Å². The minimum atomic E-state index is -0.289. The van der Waals surface area contributed by atoms with E-state index in [1.807, 2.05) is 53.2 Å². The van der Waals surface area contributed by atoms with E-state index < -0.39 is 0 Å². The van der Waals surface area contributed by atoms with Crippen molar-refractivity contribution in [2.24, 2.45) is 0 Å². The molecule has 1 aromatic heterocycles. The molecule has 3 aromatic rings. The van der Waals surface area contributed by atoms with Crippen LogP contribution >= 0.6 is 11.6 Å². The van der Waals surface area contributed by atoms with Crippen molar-refractivity contribution < 1.29 is 4.79 Å². The molecule has 2 aliphatic rings. The van der Waals surface area contributed by atoms with Crippen molar-refractivity contribution in [3.05, 3.63) is 76.0 Å². The van der Waals surface area contributed by atoms with E-state index in [0.717, 1.165) is 35.2 Å². The summed E-state index contributed by atoms with van der Waals surface area (Å²) in [7, 11) is 0. The van der Waals surface area contributed by atoms with E-state index in [1.165, 1.54) is 5.56 Å². The van der Waals surface area contributed by atoms with E-state index in [4.69, 9.17) is 21.7 Å². The van der Waals surface area contributed by atoms with Crippen LogP contribution in [0.3, 0.4) is 0 Å². The number of halogens is 1. The maximum atomic E-state index is 12.8. The van der Waals surface area contributed by atoms with Gasteiger partial charge in [0.2, 0.25) is 5.95 Å². The molecule has 2 aromatic carbocycles. The zero-order valence-electron chi connectivity index (χ0n) is 15.4. The lowest BCUT2D eigenvalue weighted by molar-refractivity contribution is -0.116. The summed E-state index contributed by atoms with van der Waals surface area (Å²) in [4.78, 5) is 17.5. The molecule has 1 N–H and O–H groups in total. The number of nitrogens with zero attached hydrogens (tertiary/aromatic N) is 3. The standard InChI is InChI=1S/C22H19ClN4O/c1-13-5-7-15(8-6-13)21-25-22-24-17-3-2-4-18(28)19(17)20(27(22)26-21)14-9-11-16(23)12-10-14/h5-12,20H,2-4H2,1H3,(H,24,25,26). The fourth-order valence-electron chi connectivity index (χ4n) is 3.93. The van der Waals surface area contributed by atoms with E-state index in [0.29, 0.717) is 23.2 Å². The van der Waals surface area contributed by atoms with Crippen molar-refractivity contribution in [1.82, 2.24) is 14.8 Å². The number of hydrogen-bond donors (Lipinski definition) is 1. The monoisotopic (exact) mass is 390 g/mol. The summed E-state index contributed by atoms with van der Waals surface area (Å²) >= 11 is 6.09. The van der Waals surface area contributed by atoms with E-state index in [2.05, 4.69) is 12.2 Å². The van der Waals surface area contributed by atoms with E-state index in [-0.39, 0.29) is 11.8 Å². The zero-order chi connectivity index (χ0) is 19.3. The van der Waals surface area contributed by atoms with Gasteiger partial charge in [-0.25, -0.2) is 4.68 Å². The second-order valence-corrected chi connectivity index (χ2v) is 7.75. The average molecular weight is 391 g/mol. The van der Waals surface area contributed by atoms with Crippen LogP contribution in [0.5, 0.6) is 0 Å². The topological polar surface area (TPSA) is 59.8 Å². The Morgan fingerprint density at radius 3 is 2.57 bits per heavy atom. The maximum absolute atomic E-state index is 12.8. The molecule has 0 saturated heterocycles. The number of ketones is 1. The molecule has 28 heavy (non-hydrogen) atoms. The molecular formula is C22H19ClN4O. The van der Waals surface area contributed by atoms with Gasteiger partial charge in [0.15, 0.2) is 11.6 Å². The Morgan fingerprint density at radius 1 is 1.07 bits per heavy atom. The molecule has 0 saturated carbocycles. The van der Waals surface area contributed by atoms with E-state index >= 15 is 0 Å². The number of aryl methyl sites for hydroxylation is 1. The van der Waals surface area contributed by atoms with Gasteiger partial charge in [-0.1, -0.05) is 53.6 Å². The number of nitrogens with one attached hydrogen (secondary N) is 1. The highest BCUT2D eigenvalue weighted by atomic mass is 35.5. The number of carbonyl (C=O) groups is 1. The molecule has 1 aliphatic heterocycles. The Morgan fingerprint density at radius 2 is 1.82 bits per heavy atom. The van der Waals surface area contributed by atoms with Crippen molar-refractivity contribution in [3.63, 3.8) is 0 Å². The highest BCUT2D eigenvalue weighted by Crippen LogP contribution is 2.40. The summed E-state index contributed by atoms with van der Waals surface area (Å²) in [5.74, 6) is 1.49. The molecule has 0 bridgehead atoms. The van der Waals surface area contributed by atoms with Gasteiger partial charge in [-0.05, 0) is 37.5 Å². The molecule has 0 spiro atoms. The Bertz CT molecular complexity index is 1100. The lowest BCUT2D eigenvalue weighted by atomic mass is 9.85. The number of hydrogen-bond acceptors (Lipinski definition) is 4. The number of Topliss-reactive ketones (excluding diaryl/α,β-unsaturated/α-hetero) is 1. The first kappa shape index (κ1) is 17.2. The summed E-state index contributed by atoms with van der Waals surface area (Å²) in [5, 5.41) is 8.81. The number of anilines is 1. The third-order valence-electron chi connectivity index (χ3n) is 5.36. The summed E-state index contributed by atoms with van der Waals surface area (Å²) in [5.41, 5.74) is 4.88. The summed E-state index contributed by atoms with van der Waals surface area (Å²) in [6.45, 7) is 2.05. The van der Waals surface area contributed by atoms with Crippen LogP contribution in [-0.4, -0.2) is 20.5 Å². The summed E-state index contributed by atoms with van der Waals surface area (Å²) in [6, 6.07) is 15.5.